The van der Waals surface area contributed by atoms with E-state index in [0.29, 0.717) is 5.82 Å². The molecule has 3 N–H and O–H groups in total. The summed E-state index contributed by atoms with van der Waals surface area (Å²) in [5.74, 6) is 2.13. The van der Waals surface area contributed by atoms with E-state index in [-0.39, 0.29) is 21.5 Å². The van der Waals surface area contributed by atoms with Crippen LogP contribution in [0.4, 0.5) is 17.5 Å². The van der Waals surface area contributed by atoms with Gasteiger partial charge >= 0.3 is 115 Å². The number of nitrogen functional groups attached to an aromatic ring is 1. The number of nitrogens with two attached hydrogens (primary N) is 1. The zero-order chi connectivity index (χ0) is 12.4. The fourth-order valence-electron chi connectivity index (χ4n) is 1.68. The van der Waals surface area contributed by atoms with Gasteiger partial charge in [0, 0.05) is 0 Å². The van der Waals surface area contributed by atoms with Crippen LogP contribution in [0.15, 0.2) is 30.7 Å². The second-order valence-electron chi connectivity index (χ2n) is 3.78. The van der Waals surface area contributed by atoms with Gasteiger partial charge in [0.2, 0.25) is 0 Å². The van der Waals surface area contributed by atoms with E-state index in [4.69, 9.17) is 5.73 Å². The first-order valence-electron chi connectivity index (χ1n) is 5.45. The number of hydrogen-bond acceptors (Lipinski definition) is 6. The van der Waals surface area contributed by atoms with Crippen LogP contribution in [0.5, 0.6) is 0 Å². The first-order chi connectivity index (χ1) is 8.83. The number of hydrogen-bond donors (Lipinski definition) is 2. The van der Waals surface area contributed by atoms with Gasteiger partial charge in [0.1, 0.15) is 0 Å². The number of nitrogens with zero attached hydrogens (tertiary/aromatic N) is 4. The third-order valence-electron chi connectivity index (χ3n) is 2.49. The first-order valence-corrected chi connectivity index (χ1v) is 7.94. The molecule has 1 aliphatic rings. The van der Waals surface area contributed by atoms with Crippen molar-refractivity contribution in [3.8, 4) is 0 Å². The van der Waals surface area contributed by atoms with E-state index in [9.17, 15) is 0 Å². The van der Waals surface area contributed by atoms with Gasteiger partial charge in [-0.3, -0.25) is 0 Å². The molecule has 7 heteroatoms. The molecular weight excluding hydrogens is 343 g/mol. The van der Waals surface area contributed by atoms with E-state index in [0.717, 1.165) is 22.7 Å². The summed E-state index contributed by atoms with van der Waals surface area (Å²) in [6, 6.07) is 4.01. The van der Waals surface area contributed by atoms with Crippen molar-refractivity contribution in [3.05, 3.63) is 36.3 Å². The summed E-state index contributed by atoms with van der Waals surface area (Å²) < 4.78 is 3.23. The van der Waals surface area contributed by atoms with Crippen LogP contribution in [0.2, 0.25) is 0 Å². The molecule has 0 bridgehead atoms. The van der Waals surface area contributed by atoms with Crippen molar-refractivity contribution in [1.82, 2.24) is 15.0 Å². The topological polar surface area (TPSA) is 80.0 Å². The number of anilines is 3. The van der Waals surface area contributed by atoms with Crippen LogP contribution in [0.1, 0.15) is 5.56 Å². The Labute approximate surface area is 115 Å². The number of nitrogens with one attached hydrogen (secondary N) is 1. The van der Waals surface area contributed by atoms with Crippen molar-refractivity contribution in [1.29, 1.82) is 0 Å². The molecule has 0 unspecified atom stereocenters. The molecule has 6 nitrogen and oxygen atoms in total. The number of aromatic nitrogens is 3. The van der Waals surface area contributed by atoms with Gasteiger partial charge in [0.25, 0.3) is 0 Å². The fraction of sp³-hybridized carbons (Fsp3) is 0.182. The Bertz CT molecular complexity index is 546. The molecule has 1 aliphatic heterocycles. The average molecular weight is 355 g/mol. The third kappa shape index (κ3) is 2.30. The van der Waals surface area contributed by atoms with Gasteiger partial charge in [0.05, 0.1) is 0 Å². The summed E-state index contributed by atoms with van der Waals surface area (Å²) in [4.78, 5) is 12.8. The third-order valence-corrected chi connectivity index (χ3v) is 4.83. The van der Waals surface area contributed by atoms with Gasteiger partial charge in [-0.1, -0.05) is 0 Å². The van der Waals surface area contributed by atoms with Crippen LogP contribution in [0.3, 0.4) is 0 Å². The van der Waals surface area contributed by atoms with Crippen molar-refractivity contribution >= 4 is 17.5 Å². The summed E-state index contributed by atoms with van der Waals surface area (Å²) >= 11 is -0.142. The fourth-order valence-corrected chi connectivity index (χ4v) is 3.92. The summed E-state index contributed by atoms with van der Waals surface area (Å²) in [6.07, 6.45) is 5.24. The van der Waals surface area contributed by atoms with Crippen LogP contribution in [0.25, 0.3) is 0 Å². The average Bonchev–Trinajstić information content (AvgIpc) is 2.41. The number of fused-ring (bicyclic) bond motifs is 1. The predicted octanol–water partition coefficient (Wildman–Crippen LogP) is -2.15. The summed E-state index contributed by atoms with van der Waals surface area (Å²) in [7, 11) is 0. The molecule has 18 heavy (non-hydrogen) atoms. The Morgan fingerprint density at radius 1 is 1.44 bits per heavy atom. The van der Waals surface area contributed by atoms with Crippen LogP contribution < -0.4 is 35.6 Å². The molecule has 0 saturated heterocycles. The first kappa shape index (κ1) is 11.5. The molecule has 0 aliphatic carbocycles. The van der Waals surface area contributed by atoms with Gasteiger partial charge in [-0.05, 0) is 0 Å². The van der Waals surface area contributed by atoms with Crippen LogP contribution in [0, 0.1) is 0 Å². The molecule has 0 atom stereocenters. The maximum atomic E-state index is 5.71. The Hall–Kier alpha value is -1.64. The molecule has 3 rings (SSSR count). The van der Waals surface area contributed by atoms with E-state index >= 15 is 0 Å². The van der Waals surface area contributed by atoms with E-state index in [2.05, 4.69) is 29.4 Å². The standard InChI is InChI=1S/C11H12IN6/c13-9-5-15-10-11(17-9)18(12-7-16-10)6-8-2-1-3-14-4-8/h1-5H,6-7H2,(H2,13,17)(H,15,16)/q-1. The molecule has 0 spiro atoms. The number of alkyl halides is 1. The minimum atomic E-state index is -0.142. The minimum absolute atomic E-state index is 0.142. The quantitative estimate of drug-likeness (QED) is 0.277. The van der Waals surface area contributed by atoms with Crippen LogP contribution in [-0.4, -0.2) is 19.5 Å². The number of halogens is 1. The molecular formula is C11H12IN6-. The van der Waals surface area contributed by atoms with E-state index in [1.165, 1.54) is 5.56 Å². The van der Waals surface area contributed by atoms with Gasteiger partial charge in [-0.2, -0.15) is 0 Å². The van der Waals surface area contributed by atoms with Crippen molar-refractivity contribution in [2.45, 2.75) is 6.54 Å². The van der Waals surface area contributed by atoms with E-state index in [1.807, 2.05) is 12.3 Å². The SMILES string of the molecule is Nc1cnc2c(n1)N(Cc1cccnc1)[I-]CN2. The molecule has 0 fully saturated rings. The van der Waals surface area contributed by atoms with Gasteiger partial charge in [-0.25, -0.2) is 0 Å². The second-order valence-corrected chi connectivity index (χ2v) is 6.39. The predicted molar refractivity (Wildman–Crippen MR) is 65.4 cm³/mol. The molecule has 94 valence electrons. The zero-order valence-corrected chi connectivity index (χ0v) is 11.7. The van der Waals surface area contributed by atoms with Gasteiger partial charge in [-0.15, -0.1) is 0 Å². The Morgan fingerprint density at radius 3 is 3.22 bits per heavy atom. The van der Waals surface area contributed by atoms with Crippen molar-refractivity contribution in [3.63, 3.8) is 0 Å². The zero-order valence-electron chi connectivity index (χ0n) is 9.55. The second kappa shape index (κ2) is 4.92. The normalized spacial score (nSPS) is 14.3. The molecule has 2 aromatic rings. The van der Waals surface area contributed by atoms with Crippen molar-refractivity contribution in [2.24, 2.45) is 0 Å². The summed E-state index contributed by atoms with van der Waals surface area (Å²) in [6.45, 7) is 0.813. The molecule has 3 heterocycles. The molecule has 0 saturated carbocycles. The van der Waals surface area contributed by atoms with Crippen LogP contribution >= 0.6 is 0 Å². The van der Waals surface area contributed by atoms with Crippen molar-refractivity contribution < 1.29 is 21.5 Å². The van der Waals surface area contributed by atoms with Crippen LogP contribution in [-0.2, 0) is 6.54 Å². The number of rotatable bonds is 2. The molecule has 0 radical (unpaired) electrons. The van der Waals surface area contributed by atoms with Gasteiger partial charge < -0.3 is 0 Å². The van der Waals surface area contributed by atoms with Gasteiger partial charge in [0.15, 0.2) is 0 Å². The number of pyridine rings is 1. The monoisotopic (exact) mass is 355 g/mol. The van der Waals surface area contributed by atoms with E-state index in [1.54, 1.807) is 12.4 Å². The summed E-state index contributed by atoms with van der Waals surface area (Å²) in [5, 5.41) is 3.27. The van der Waals surface area contributed by atoms with Crippen molar-refractivity contribution in [2.75, 3.05) is 18.7 Å². The Kier molecular flexibility index (Phi) is 3.13. The molecule has 0 amide bonds. The van der Waals surface area contributed by atoms with E-state index < -0.39 is 0 Å². The maximum absolute atomic E-state index is 5.71. The Balaban J connectivity index is 1.89. The summed E-state index contributed by atoms with van der Waals surface area (Å²) in [5.41, 5.74) is 6.88. The Morgan fingerprint density at radius 2 is 2.39 bits per heavy atom. The molecule has 2 aromatic heterocycles. The molecule has 0 aromatic carbocycles.